The van der Waals surface area contributed by atoms with Gasteiger partial charge < -0.3 is 19.5 Å². The van der Waals surface area contributed by atoms with Gasteiger partial charge in [0.05, 0.1) is 30.6 Å². The molecule has 0 amide bonds. The van der Waals surface area contributed by atoms with Crippen LogP contribution in [0.2, 0.25) is 0 Å². The second-order valence-corrected chi connectivity index (χ2v) is 8.54. The van der Waals surface area contributed by atoms with Gasteiger partial charge in [0.15, 0.2) is 0 Å². The summed E-state index contributed by atoms with van der Waals surface area (Å²) in [6, 6.07) is 5.90. The number of carboxylic acid groups (broad SMARTS) is 1. The van der Waals surface area contributed by atoms with Gasteiger partial charge in [0.1, 0.15) is 5.01 Å². The lowest BCUT2D eigenvalue weighted by molar-refractivity contribution is -0.192. The van der Waals surface area contributed by atoms with E-state index in [1.807, 2.05) is 25.1 Å². The molecule has 2 aliphatic heterocycles. The van der Waals surface area contributed by atoms with Crippen LogP contribution in [0, 0.1) is 6.92 Å². The monoisotopic (exact) mass is 460 g/mol. The van der Waals surface area contributed by atoms with Crippen molar-refractivity contribution >= 4 is 22.4 Å². The summed E-state index contributed by atoms with van der Waals surface area (Å²) in [7, 11) is 0. The Morgan fingerprint density at radius 1 is 1.42 bits per heavy atom. The molecule has 0 aromatic carbocycles. The zero-order chi connectivity index (χ0) is 22.5. The molecule has 2 atom stereocenters. The minimum absolute atomic E-state index is 0.105. The van der Waals surface area contributed by atoms with Crippen LogP contribution in [0.3, 0.4) is 0 Å². The molecule has 2 saturated heterocycles. The highest BCUT2D eigenvalue weighted by molar-refractivity contribution is 7.15. The number of anilines is 1. The number of aliphatic carboxylic acids is 1. The van der Waals surface area contributed by atoms with Crippen molar-refractivity contribution in [3.05, 3.63) is 35.1 Å². The van der Waals surface area contributed by atoms with E-state index in [-0.39, 0.29) is 11.7 Å². The van der Waals surface area contributed by atoms with Crippen LogP contribution >= 0.6 is 11.3 Å². The van der Waals surface area contributed by atoms with E-state index in [0.29, 0.717) is 13.2 Å². The topological polar surface area (TPSA) is 97.7 Å². The lowest BCUT2D eigenvalue weighted by Crippen LogP contribution is -2.48. The quantitative estimate of drug-likeness (QED) is 0.743. The minimum atomic E-state index is -5.08. The normalized spacial score (nSPS) is 23.5. The van der Waals surface area contributed by atoms with E-state index in [4.69, 9.17) is 19.4 Å². The number of rotatable bonds is 4. The third-order valence-corrected chi connectivity index (χ3v) is 5.84. The molecular weight excluding hydrogens is 437 g/mol. The van der Waals surface area contributed by atoms with Crippen molar-refractivity contribution < 1.29 is 32.5 Å². The zero-order valence-corrected chi connectivity index (χ0v) is 17.7. The van der Waals surface area contributed by atoms with Gasteiger partial charge in [0, 0.05) is 25.7 Å². The number of carbonyl (C=O) groups is 1. The van der Waals surface area contributed by atoms with E-state index >= 15 is 0 Å². The highest BCUT2D eigenvalue weighted by Gasteiger charge is 2.44. The molecule has 4 heterocycles. The third kappa shape index (κ3) is 6.58. The Bertz CT molecular complexity index is 867. The number of pyridine rings is 1. The molecule has 2 aliphatic rings. The molecule has 170 valence electrons. The van der Waals surface area contributed by atoms with Gasteiger partial charge in [-0.05, 0) is 31.9 Å². The minimum Gasteiger partial charge on any atom is -0.475 e. The van der Waals surface area contributed by atoms with Gasteiger partial charge in [-0.15, -0.1) is 10.2 Å². The maximum absolute atomic E-state index is 10.6. The predicted molar refractivity (Wildman–Crippen MR) is 106 cm³/mol. The lowest BCUT2D eigenvalue weighted by Gasteiger charge is -2.39. The molecule has 8 nitrogen and oxygen atoms in total. The molecule has 1 N–H and O–H groups in total. The van der Waals surface area contributed by atoms with Crippen LogP contribution in [0.4, 0.5) is 18.3 Å². The molecule has 0 unspecified atom stereocenters. The number of carboxylic acids is 1. The molecule has 0 radical (unpaired) electrons. The summed E-state index contributed by atoms with van der Waals surface area (Å²) in [5, 5.41) is 17.6. The van der Waals surface area contributed by atoms with Crippen LogP contribution in [0.5, 0.6) is 0 Å². The lowest BCUT2D eigenvalue weighted by atomic mass is 9.89. The van der Waals surface area contributed by atoms with Gasteiger partial charge in [0.2, 0.25) is 5.13 Å². The Labute approximate surface area is 181 Å². The fraction of sp³-hybridized carbons (Fsp3) is 0.579. The standard InChI is InChI=1S/C17H22N4O2S.C2HF3O2/c1-13-19-20-16(24-13)21-8-4-6-17(12-21)9-15(11-23-17)22-10-14-5-2-3-7-18-14;3-2(4,5)1(6)7/h2-3,5,7,15H,4,6,8-12H2,1H3;(H,6,7)/t15-,17-;/m0./s1. The first-order chi connectivity index (χ1) is 14.7. The fourth-order valence-electron chi connectivity index (χ4n) is 3.56. The number of hydrogen-bond donors (Lipinski definition) is 1. The molecule has 2 aromatic heterocycles. The summed E-state index contributed by atoms with van der Waals surface area (Å²) in [5.41, 5.74) is 0.861. The molecule has 0 bridgehead atoms. The largest absolute Gasteiger partial charge is 0.490 e. The van der Waals surface area contributed by atoms with E-state index in [2.05, 4.69) is 20.1 Å². The molecule has 2 aromatic rings. The number of piperidine rings is 1. The first kappa shape index (κ1) is 23.4. The number of nitrogens with zero attached hydrogens (tertiary/aromatic N) is 4. The number of ether oxygens (including phenoxy) is 2. The Morgan fingerprint density at radius 2 is 2.19 bits per heavy atom. The first-order valence-electron chi connectivity index (χ1n) is 9.67. The fourth-order valence-corrected chi connectivity index (χ4v) is 4.27. The van der Waals surface area contributed by atoms with Crippen molar-refractivity contribution in [2.24, 2.45) is 0 Å². The van der Waals surface area contributed by atoms with E-state index in [1.54, 1.807) is 17.5 Å². The molecule has 4 rings (SSSR count). The Balaban J connectivity index is 0.000000339. The van der Waals surface area contributed by atoms with Crippen molar-refractivity contribution in [3.63, 3.8) is 0 Å². The Morgan fingerprint density at radius 3 is 2.81 bits per heavy atom. The second kappa shape index (κ2) is 9.88. The molecule has 0 aliphatic carbocycles. The van der Waals surface area contributed by atoms with E-state index in [1.165, 1.54) is 0 Å². The highest BCUT2D eigenvalue weighted by atomic mass is 32.1. The Kier molecular flexibility index (Phi) is 7.44. The van der Waals surface area contributed by atoms with E-state index in [0.717, 1.165) is 48.2 Å². The molecule has 1 spiro atoms. The van der Waals surface area contributed by atoms with Gasteiger partial charge in [0.25, 0.3) is 0 Å². The predicted octanol–water partition coefficient (Wildman–Crippen LogP) is 3.22. The molecule has 12 heteroatoms. The first-order valence-corrected chi connectivity index (χ1v) is 10.5. The van der Waals surface area contributed by atoms with Crippen molar-refractivity contribution in [3.8, 4) is 0 Å². The summed E-state index contributed by atoms with van der Waals surface area (Å²) in [6.07, 6.45) is 0.00173. The van der Waals surface area contributed by atoms with Crippen LogP contribution in [0.1, 0.15) is 30.0 Å². The van der Waals surface area contributed by atoms with Crippen molar-refractivity contribution in [2.45, 2.75) is 50.7 Å². The van der Waals surface area contributed by atoms with Gasteiger partial charge >= 0.3 is 12.1 Å². The number of alkyl halides is 3. The van der Waals surface area contributed by atoms with Gasteiger partial charge in [-0.3, -0.25) is 4.98 Å². The Hall–Kier alpha value is -2.31. The average Bonchev–Trinajstić information content (AvgIpc) is 3.33. The summed E-state index contributed by atoms with van der Waals surface area (Å²) in [6.45, 7) is 5.11. The van der Waals surface area contributed by atoms with Crippen LogP contribution in [-0.2, 0) is 20.9 Å². The summed E-state index contributed by atoms with van der Waals surface area (Å²) < 4.78 is 44.0. The smallest absolute Gasteiger partial charge is 0.475 e. The molecule has 0 saturated carbocycles. The molecule has 31 heavy (non-hydrogen) atoms. The number of halogens is 3. The van der Waals surface area contributed by atoms with Gasteiger partial charge in [-0.25, -0.2) is 4.79 Å². The van der Waals surface area contributed by atoms with Gasteiger partial charge in [-0.1, -0.05) is 17.4 Å². The highest BCUT2D eigenvalue weighted by Crippen LogP contribution is 2.38. The molecule has 2 fully saturated rings. The van der Waals surface area contributed by atoms with Crippen LogP contribution in [-0.4, -0.2) is 63.8 Å². The average molecular weight is 460 g/mol. The SMILES string of the molecule is Cc1nnc(N2CCC[C@]3(C[C@H](OCc4ccccn4)CO3)C2)s1.O=C(O)C(F)(F)F. The van der Waals surface area contributed by atoms with E-state index in [9.17, 15) is 13.2 Å². The number of hydrogen-bond acceptors (Lipinski definition) is 8. The van der Waals surface area contributed by atoms with Gasteiger partial charge in [-0.2, -0.15) is 13.2 Å². The van der Waals surface area contributed by atoms with Crippen molar-refractivity contribution in [1.29, 1.82) is 0 Å². The van der Waals surface area contributed by atoms with Crippen LogP contribution in [0.15, 0.2) is 24.4 Å². The maximum Gasteiger partial charge on any atom is 0.490 e. The zero-order valence-electron chi connectivity index (χ0n) is 16.8. The van der Waals surface area contributed by atoms with E-state index < -0.39 is 12.1 Å². The second-order valence-electron chi connectivity index (χ2n) is 7.38. The van der Waals surface area contributed by atoms with Crippen LogP contribution in [0.25, 0.3) is 0 Å². The summed E-state index contributed by atoms with van der Waals surface area (Å²) in [5.74, 6) is -2.76. The summed E-state index contributed by atoms with van der Waals surface area (Å²) in [4.78, 5) is 15.5. The molecular formula is C19H23F3N4O4S. The maximum atomic E-state index is 10.6. The van der Waals surface area contributed by atoms with Crippen LogP contribution < -0.4 is 4.90 Å². The number of aryl methyl sites for hydroxylation is 1. The van der Waals surface area contributed by atoms with Crippen molar-refractivity contribution in [1.82, 2.24) is 15.2 Å². The third-order valence-electron chi connectivity index (χ3n) is 4.94. The van der Waals surface area contributed by atoms with Crippen molar-refractivity contribution in [2.75, 3.05) is 24.6 Å². The summed E-state index contributed by atoms with van der Waals surface area (Å²) >= 11 is 1.65. The number of aromatic nitrogens is 3.